The first kappa shape index (κ1) is 13.0. The summed E-state index contributed by atoms with van der Waals surface area (Å²) in [7, 11) is 0. The van der Waals surface area contributed by atoms with E-state index in [4.69, 9.17) is 5.11 Å². The second-order valence-corrected chi connectivity index (χ2v) is 4.55. The number of carbonyl (C=O) groups excluding carboxylic acids is 2. The van der Waals surface area contributed by atoms with Gasteiger partial charge in [0.25, 0.3) is 0 Å². The minimum absolute atomic E-state index is 0.0646. The van der Waals surface area contributed by atoms with Crippen LogP contribution >= 0.6 is 0 Å². The van der Waals surface area contributed by atoms with E-state index in [2.05, 4.69) is 5.32 Å². The maximum Gasteiger partial charge on any atom is 0.241 e. The predicted molar refractivity (Wildman–Crippen MR) is 59.6 cm³/mol. The molecule has 0 aromatic carbocycles. The summed E-state index contributed by atoms with van der Waals surface area (Å²) in [6, 6.07) is 0. The summed E-state index contributed by atoms with van der Waals surface area (Å²) in [6.07, 6.45) is 0.848. The van der Waals surface area contributed by atoms with Crippen LogP contribution in [0.25, 0.3) is 0 Å². The minimum atomic E-state index is -0.105. The Morgan fingerprint density at radius 2 is 2.19 bits per heavy atom. The molecule has 1 atom stereocenters. The lowest BCUT2D eigenvalue weighted by Crippen LogP contribution is -2.40. The number of nitrogens with zero attached hydrogens (tertiary/aromatic N) is 1. The van der Waals surface area contributed by atoms with E-state index < -0.39 is 0 Å². The van der Waals surface area contributed by atoms with Gasteiger partial charge in [0, 0.05) is 31.5 Å². The molecule has 1 fully saturated rings. The first-order valence-corrected chi connectivity index (χ1v) is 5.71. The Morgan fingerprint density at radius 1 is 1.50 bits per heavy atom. The van der Waals surface area contributed by atoms with Crippen LogP contribution in [0.3, 0.4) is 0 Å². The van der Waals surface area contributed by atoms with Crippen molar-refractivity contribution >= 4 is 11.8 Å². The number of hydrogen-bond donors (Lipinski definition) is 2. The van der Waals surface area contributed by atoms with Crippen LogP contribution in [-0.4, -0.2) is 48.1 Å². The summed E-state index contributed by atoms with van der Waals surface area (Å²) in [5, 5.41) is 11.5. The number of amides is 2. The lowest BCUT2D eigenvalue weighted by molar-refractivity contribution is -0.133. The summed E-state index contributed by atoms with van der Waals surface area (Å²) in [4.78, 5) is 24.6. The second kappa shape index (κ2) is 5.84. The van der Waals surface area contributed by atoms with E-state index in [1.54, 1.807) is 18.7 Å². The smallest absolute Gasteiger partial charge is 0.241 e. The van der Waals surface area contributed by atoms with Crippen molar-refractivity contribution in [3.05, 3.63) is 0 Å². The number of hydrogen-bond acceptors (Lipinski definition) is 3. The number of carbonyl (C=O) groups is 2. The SMILES string of the molecule is CC(C)C(=O)NCC(=O)N1CC[C@H](CO)C1. The van der Waals surface area contributed by atoms with Crippen LogP contribution in [0.15, 0.2) is 0 Å². The molecule has 0 saturated carbocycles. The molecule has 1 heterocycles. The maximum atomic E-state index is 11.7. The molecule has 0 aliphatic carbocycles. The van der Waals surface area contributed by atoms with E-state index in [1.165, 1.54) is 0 Å². The van der Waals surface area contributed by atoms with Gasteiger partial charge in [0.2, 0.25) is 11.8 Å². The Kier molecular flexibility index (Phi) is 4.73. The van der Waals surface area contributed by atoms with Crippen molar-refractivity contribution in [3.8, 4) is 0 Å². The monoisotopic (exact) mass is 228 g/mol. The predicted octanol–water partition coefficient (Wildman–Crippen LogP) is -0.401. The quantitative estimate of drug-likeness (QED) is 0.688. The van der Waals surface area contributed by atoms with E-state index in [9.17, 15) is 9.59 Å². The first-order chi connectivity index (χ1) is 7.54. The van der Waals surface area contributed by atoms with Gasteiger partial charge < -0.3 is 15.3 Å². The summed E-state index contributed by atoms with van der Waals surface area (Å²) >= 11 is 0. The molecular formula is C11H20N2O3. The Morgan fingerprint density at radius 3 is 2.69 bits per heavy atom. The van der Waals surface area contributed by atoms with Gasteiger partial charge in [-0.1, -0.05) is 13.8 Å². The summed E-state index contributed by atoms with van der Waals surface area (Å²) in [6.45, 7) is 5.06. The van der Waals surface area contributed by atoms with Gasteiger partial charge in [0.1, 0.15) is 0 Å². The molecule has 1 saturated heterocycles. The van der Waals surface area contributed by atoms with Crippen molar-refractivity contribution in [2.45, 2.75) is 20.3 Å². The fourth-order valence-corrected chi connectivity index (χ4v) is 1.69. The van der Waals surface area contributed by atoms with Crippen molar-refractivity contribution in [2.24, 2.45) is 11.8 Å². The molecule has 0 unspecified atom stereocenters. The van der Waals surface area contributed by atoms with E-state index in [-0.39, 0.29) is 36.8 Å². The molecule has 1 aliphatic heterocycles. The third-order valence-corrected chi connectivity index (χ3v) is 2.83. The molecule has 2 amide bonds. The van der Waals surface area contributed by atoms with Gasteiger partial charge in [-0.05, 0) is 6.42 Å². The van der Waals surface area contributed by atoms with Crippen LogP contribution in [0.4, 0.5) is 0 Å². The molecule has 5 heteroatoms. The zero-order chi connectivity index (χ0) is 12.1. The normalized spacial score (nSPS) is 20.2. The molecule has 16 heavy (non-hydrogen) atoms. The average molecular weight is 228 g/mol. The first-order valence-electron chi connectivity index (χ1n) is 5.71. The number of rotatable bonds is 4. The molecule has 1 aliphatic rings. The molecule has 1 rings (SSSR count). The van der Waals surface area contributed by atoms with E-state index >= 15 is 0 Å². The highest BCUT2D eigenvalue weighted by Gasteiger charge is 2.25. The molecular weight excluding hydrogens is 208 g/mol. The van der Waals surface area contributed by atoms with Crippen LogP contribution in [0.5, 0.6) is 0 Å². The van der Waals surface area contributed by atoms with Crippen molar-refractivity contribution in [2.75, 3.05) is 26.2 Å². The summed E-state index contributed by atoms with van der Waals surface area (Å²) < 4.78 is 0. The van der Waals surface area contributed by atoms with Crippen molar-refractivity contribution < 1.29 is 14.7 Å². The van der Waals surface area contributed by atoms with Crippen molar-refractivity contribution in [3.63, 3.8) is 0 Å². The zero-order valence-electron chi connectivity index (χ0n) is 9.90. The van der Waals surface area contributed by atoms with Gasteiger partial charge in [0.05, 0.1) is 6.54 Å². The number of likely N-dealkylation sites (tertiary alicyclic amines) is 1. The largest absolute Gasteiger partial charge is 0.396 e. The molecule has 0 radical (unpaired) electrons. The zero-order valence-corrected chi connectivity index (χ0v) is 9.90. The van der Waals surface area contributed by atoms with Crippen molar-refractivity contribution in [1.29, 1.82) is 0 Å². The van der Waals surface area contributed by atoms with Crippen molar-refractivity contribution in [1.82, 2.24) is 10.2 Å². The number of aliphatic hydroxyl groups is 1. The highest BCUT2D eigenvalue weighted by molar-refractivity contribution is 5.85. The van der Waals surface area contributed by atoms with Crippen LogP contribution in [0.1, 0.15) is 20.3 Å². The average Bonchev–Trinajstić information content (AvgIpc) is 2.73. The van der Waals surface area contributed by atoms with E-state index in [1.807, 2.05) is 0 Å². The highest BCUT2D eigenvalue weighted by atomic mass is 16.3. The Bertz CT molecular complexity index is 266. The lowest BCUT2D eigenvalue weighted by atomic mass is 10.1. The molecule has 0 aromatic rings. The van der Waals surface area contributed by atoms with Crippen LogP contribution in [0, 0.1) is 11.8 Å². The molecule has 92 valence electrons. The third kappa shape index (κ3) is 3.48. The van der Waals surface area contributed by atoms with Gasteiger partial charge >= 0.3 is 0 Å². The van der Waals surface area contributed by atoms with Gasteiger partial charge in [-0.3, -0.25) is 9.59 Å². The molecule has 0 bridgehead atoms. The number of aliphatic hydroxyl groups excluding tert-OH is 1. The third-order valence-electron chi connectivity index (χ3n) is 2.83. The van der Waals surface area contributed by atoms with Gasteiger partial charge in [-0.25, -0.2) is 0 Å². The molecule has 5 nitrogen and oxygen atoms in total. The number of nitrogens with one attached hydrogen (secondary N) is 1. The minimum Gasteiger partial charge on any atom is -0.396 e. The standard InChI is InChI=1S/C11H20N2O3/c1-8(2)11(16)12-5-10(15)13-4-3-9(6-13)7-14/h8-9,14H,3-7H2,1-2H3,(H,12,16)/t9-/m0/s1. The highest BCUT2D eigenvalue weighted by Crippen LogP contribution is 2.14. The fourth-order valence-electron chi connectivity index (χ4n) is 1.69. The fraction of sp³-hybridized carbons (Fsp3) is 0.818. The van der Waals surface area contributed by atoms with Crippen LogP contribution < -0.4 is 5.32 Å². The van der Waals surface area contributed by atoms with E-state index in [0.717, 1.165) is 6.42 Å². The second-order valence-electron chi connectivity index (χ2n) is 4.55. The van der Waals surface area contributed by atoms with Gasteiger partial charge in [-0.15, -0.1) is 0 Å². The Balaban J connectivity index is 2.28. The lowest BCUT2D eigenvalue weighted by Gasteiger charge is -2.16. The topological polar surface area (TPSA) is 69.6 Å². The Labute approximate surface area is 95.8 Å². The summed E-state index contributed by atoms with van der Waals surface area (Å²) in [5.41, 5.74) is 0. The van der Waals surface area contributed by atoms with Crippen LogP contribution in [0.2, 0.25) is 0 Å². The molecule has 0 spiro atoms. The maximum absolute atomic E-state index is 11.7. The molecule has 2 N–H and O–H groups in total. The van der Waals surface area contributed by atoms with Gasteiger partial charge in [-0.2, -0.15) is 0 Å². The van der Waals surface area contributed by atoms with Gasteiger partial charge in [0.15, 0.2) is 0 Å². The Hall–Kier alpha value is -1.10. The summed E-state index contributed by atoms with van der Waals surface area (Å²) in [5.74, 6) is -0.0717. The van der Waals surface area contributed by atoms with E-state index in [0.29, 0.717) is 13.1 Å². The van der Waals surface area contributed by atoms with Crippen LogP contribution in [-0.2, 0) is 9.59 Å². The molecule has 0 aromatic heterocycles.